The Hall–Kier alpha value is -2.49. The van der Waals surface area contributed by atoms with Gasteiger partial charge in [0.15, 0.2) is 21.3 Å². The van der Waals surface area contributed by atoms with Crippen LogP contribution in [0.4, 0.5) is 0 Å². The Morgan fingerprint density at radius 2 is 2.00 bits per heavy atom. The molecule has 0 aromatic heterocycles. The molecule has 0 saturated carbocycles. The van der Waals surface area contributed by atoms with Crippen LogP contribution in [0.15, 0.2) is 41.3 Å². The number of halogens is 1. The molecular formula is C20H20ClNO7S. The zero-order valence-electron chi connectivity index (χ0n) is 16.2. The smallest absolute Gasteiger partial charge is 0.255 e. The summed E-state index contributed by atoms with van der Waals surface area (Å²) in [5, 5.41) is 0.0996. The number of fused-ring (bicyclic) bond motifs is 1. The lowest BCUT2D eigenvalue weighted by Crippen LogP contribution is -2.47. The SMILES string of the molecule is CS(=O)(=O)c1ccc(C(=O)N2CCOC(COc3ccc4c(c3)OCO4)C2)c(Cl)c1. The van der Waals surface area contributed by atoms with Crippen molar-refractivity contribution in [2.45, 2.75) is 11.0 Å². The molecule has 2 aromatic carbocycles. The molecular weight excluding hydrogens is 434 g/mol. The molecule has 0 N–H and O–H groups in total. The first-order valence-corrected chi connectivity index (χ1v) is 11.5. The summed E-state index contributed by atoms with van der Waals surface area (Å²) in [4.78, 5) is 14.6. The molecule has 2 aliphatic heterocycles. The van der Waals surface area contributed by atoms with Gasteiger partial charge < -0.3 is 23.8 Å². The minimum absolute atomic E-state index is 0.0704. The number of benzene rings is 2. The summed E-state index contributed by atoms with van der Waals surface area (Å²) in [6, 6.07) is 9.42. The number of amides is 1. The number of rotatable bonds is 5. The van der Waals surface area contributed by atoms with Crippen LogP contribution < -0.4 is 14.2 Å². The normalized spacial score (nSPS) is 18.3. The lowest BCUT2D eigenvalue weighted by molar-refractivity contribution is -0.0401. The third-order valence-corrected chi connectivity index (χ3v) is 6.23. The fourth-order valence-corrected chi connectivity index (χ4v) is 4.20. The van der Waals surface area contributed by atoms with Crippen LogP contribution in [-0.4, -0.2) is 64.7 Å². The molecule has 0 radical (unpaired) electrons. The van der Waals surface area contributed by atoms with Crippen molar-refractivity contribution in [3.8, 4) is 17.2 Å². The number of nitrogens with zero attached hydrogens (tertiary/aromatic N) is 1. The topological polar surface area (TPSA) is 91.4 Å². The maximum atomic E-state index is 12.9. The molecule has 30 heavy (non-hydrogen) atoms. The van der Waals surface area contributed by atoms with Gasteiger partial charge >= 0.3 is 0 Å². The van der Waals surface area contributed by atoms with E-state index in [0.717, 1.165) is 6.26 Å². The Bertz CT molecular complexity index is 1070. The van der Waals surface area contributed by atoms with E-state index < -0.39 is 9.84 Å². The first-order valence-electron chi connectivity index (χ1n) is 9.24. The Kier molecular flexibility index (Phi) is 5.77. The van der Waals surface area contributed by atoms with Gasteiger partial charge in [-0.2, -0.15) is 0 Å². The molecule has 2 aliphatic rings. The summed E-state index contributed by atoms with van der Waals surface area (Å²) in [5.41, 5.74) is 0.251. The fourth-order valence-electron chi connectivity index (χ4n) is 3.23. The van der Waals surface area contributed by atoms with Gasteiger partial charge in [-0.25, -0.2) is 8.42 Å². The van der Waals surface area contributed by atoms with Crippen molar-refractivity contribution in [1.82, 2.24) is 4.90 Å². The minimum Gasteiger partial charge on any atom is -0.491 e. The highest BCUT2D eigenvalue weighted by atomic mass is 35.5. The molecule has 8 nitrogen and oxygen atoms in total. The maximum Gasteiger partial charge on any atom is 0.255 e. The predicted octanol–water partition coefficient (Wildman–Crippen LogP) is 2.39. The van der Waals surface area contributed by atoms with Crippen LogP contribution in [-0.2, 0) is 14.6 Å². The van der Waals surface area contributed by atoms with Gasteiger partial charge in [-0.1, -0.05) is 11.6 Å². The first kappa shape index (κ1) is 20.8. The van der Waals surface area contributed by atoms with Crippen LogP contribution in [0.25, 0.3) is 0 Å². The molecule has 0 spiro atoms. The van der Waals surface area contributed by atoms with Gasteiger partial charge in [-0.05, 0) is 30.3 Å². The molecule has 1 atom stereocenters. The molecule has 2 heterocycles. The van der Waals surface area contributed by atoms with Crippen molar-refractivity contribution in [3.63, 3.8) is 0 Å². The van der Waals surface area contributed by atoms with E-state index in [1.54, 1.807) is 23.1 Å². The number of sulfone groups is 1. The summed E-state index contributed by atoms with van der Waals surface area (Å²) in [6.45, 7) is 1.54. The van der Waals surface area contributed by atoms with Crippen molar-refractivity contribution >= 4 is 27.3 Å². The molecule has 2 aromatic rings. The van der Waals surface area contributed by atoms with E-state index in [1.165, 1.54) is 18.2 Å². The van der Waals surface area contributed by atoms with Crippen LogP contribution in [0.2, 0.25) is 5.02 Å². The summed E-state index contributed by atoms with van der Waals surface area (Å²) < 4.78 is 45.4. The minimum atomic E-state index is -3.40. The quantitative estimate of drug-likeness (QED) is 0.686. The molecule has 1 unspecified atom stereocenters. The lowest BCUT2D eigenvalue weighted by Gasteiger charge is -2.33. The first-order chi connectivity index (χ1) is 14.3. The fraction of sp³-hybridized carbons (Fsp3) is 0.350. The van der Waals surface area contributed by atoms with Gasteiger partial charge in [0.05, 0.1) is 28.6 Å². The monoisotopic (exact) mass is 453 g/mol. The van der Waals surface area contributed by atoms with Gasteiger partial charge in [-0.15, -0.1) is 0 Å². The Balaban J connectivity index is 1.39. The molecule has 1 saturated heterocycles. The number of morpholine rings is 1. The van der Waals surface area contributed by atoms with Crippen molar-refractivity contribution in [1.29, 1.82) is 0 Å². The molecule has 4 rings (SSSR count). The Morgan fingerprint density at radius 3 is 2.77 bits per heavy atom. The van der Waals surface area contributed by atoms with Crippen LogP contribution in [0.5, 0.6) is 17.2 Å². The van der Waals surface area contributed by atoms with Gasteiger partial charge in [-0.3, -0.25) is 4.79 Å². The Morgan fingerprint density at radius 1 is 1.20 bits per heavy atom. The average Bonchev–Trinajstić information content (AvgIpc) is 3.19. The lowest BCUT2D eigenvalue weighted by atomic mass is 10.1. The molecule has 0 aliphatic carbocycles. The van der Waals surface area contributed by atoms with E-state index in [0.29, 0.717) is 36.9 Å². The standard InChI is InChI=1S/C20H20ClNO7S/c1-30(24,25)15-3-4-16(17(21)9-15)20(23)22-6-7-26-14(10-22)11-27-13-2-5-18-19(8-13)29-12-28-18/h2-5,8-9,14H,6-7,10-12H2,1H3. The maximum absolute atomic E-state index is 12.9. The second kappa shape index (κ2) is 8.33. The summed E-state index contributed by atoms with van der Waals surface area (Å²) in [6.07, 6.45) is 0.773. The molecule has 160 valence electrons. The van der Waals surface area contributed by atoms with Crippen LogP contribution in [0.3, 0.4) is 0 Å². The highest BCUT2D eigenvalue weighted by molar-refractivity contribution is 7.90. The van der Waals surface area contributed by atoms with Crippen molar-refractivity contribution in [2.75, 3.05) is 39.4 Å². The van der Waals surface area contributed by atoms with Gasteiger partial charge in [0, 0.05) is 18.9 Å². The second-order valence-electron chi connectivity index (χ2n) is 6.98. The van der Waals surface area contributed by atoms with Crippen LogP contribution in [0, 0.1) is 0 Å². The predicted molar refractivity (Wildman–Crippen MR) is 108 cm³/mol. The van der Waals surface area contributed by atoms with E-state index in [4.69, 9.17) is 30.5 Å². The summed E-state index contributed by atoms with van der Waals surface area (Å²) in [7, 11) is -3.40. The van der Waals surface area contributed by atoms with Gasteiger partial charge in [0.1, 0.15) is 18.5 Å². The number of carbonyl (C=O) groups excluding carboxylic acids is 1. The third kappa shape index (κ3) is 4.48. The van der Waals surface area contributed by atoms with E-state index in [1.807, 2.05) is 0 Å². The zero-order valence-corrected chi connectivity index (χ0v) is 17.7. The molecule has 1 fully saturated rings. The highest BCUT2D eigenvalue weighted by Gasteiger charge is 2.27. The highest BCUT2D eigenvalue weighted by Crippen LogP contribution is 2.35. The number of hydrogen-bond acceptors (Lipinski definition) is 7. The van der Waals surface area contributed by atoms with Gasteiger partial charge in [0.25, 0.3) is 5.91 Å². The summed E-state index contributed by atoms with van der Waals surface area (Å²) in [5.74, 6) is 1.63. The van der Waals surface area contributed by atoms with Crippen molar-refractivity contribution in [2.24, 2.45) is 0 Å². The van der Waals surface area contributed by atoms with E-state index in [9.17, 15) is 13.2 Å². The molecule has 10 heteroatoms. The molecule has 0 bridgehead atoms. The number of ether oxygens (including phenoxy) is 4. The Labute approximate surface area is 179 Å². The van der Waals surface area contributed by atoms with E-state index in [2.05, 4.69) is 0 Å². The number of carbonyl (C=O) groups is 1. The second-order valence-corrected chi connectivity index (χ2v) is 9.41. The van der Waals surface area contributed by atoms with Crippen molar-refractivity contribution < 1.29 is 32.2 Å². The summed E-state index contributed by atoms with van der Waals surface area (Å²) >= 11 is 6.18. The largest absolute Gasteiger partial charge is 0.491 e. The van der Waals surface area contributed by atoms with Crippen molar-refractivity contribution in [3.05, 3.63) is 47.0 Å². The van der Waals surface area contributed by atoms with E-state index in [-0.39, 0.29) is 40.9 Å². The van der Waals surface area contributed by atoms with E-state index >= 15 is 0 Å². The van der Waals surface area contributed by atoms with Crippen LogP contribution in [0.1, 0.15) is 10.4 Å². The number of hydrogen-bond donors (Lipinski definition) is 0. The third-order valence-electron chi connectivity index (χ3n) is 4.81. The molecule has 1 amide bonds. The van der Waals surface area contributed by atoms with Crippen LogP contribution >= 0.6 is 11.6 Å². The average molecular weight is 454 g/mol. The van der Waals surface area contributed by atoms with Gasteiger partial charge in [0.2, 0.25) is 6.79 Å². The zero-order chi connectivity index (χ0) is 21.3.